The predicted octanol–water partition coefficient (Wildman–Crippen LogP) is 3.26. The standard InChI is InChI=1S/C13H15ClN2O3/c14-12-6-5-10(16(18)19)9-11(12)13(17)15-7-3-1-2-4-8-15/h5-6,9H,1-4,7-8H2. The van der Waals surface area contributed by atoms with Gasteiger partial charge in [-0.05, 0) is 18.9 Å². The first-order valence-electron chi connectivity index (χ1n) is 6.33. The number of hydrogen-bond acceptors (Lipinski definition) is 3. The zero-order chi connectivity index (χ0) is 13.8. The fourth-order valence-corrected chi connectivity index (χ4v) is 2.43. The van der Waals surface area contributed by atoms with Crippen molar-refractivity contribution in [2.45, 2.75) is 25.7 Å². The van der Waals surface area contributed by atoms with Gasteiger partial charge in [-0.15, -0.1) is 0 Å². The fraction of sp³-hybridized carbons (Fsp3) is 0.462. The average molecular weight is 283 g/mol. The highest BCUT2D eigenvalue weighted by molar-refractivity contribution is 6.33. The quantitative estimate of drug-likeness (QED) is 0.618. The van der Waals surface area contributed by atoms with Crippen molar-refractivity contribution in [3.63, 3.8) is 0 Å². The Morgan fingerprint density at radius 3 is 2.42 bits per heavy atom. The van der Waals surface area contributed by atoms with Crippen molar-refractivity contribution in [2.24, 2.45) is 0 Å². The molecule has 0 aliphatic carbocycles. The summed E-state index contributed by atoms with van der Waals surface area (Å²) >= 11 is 5.99. The van der Waals surface area contributed by atoms with Crippen molar-refractivity contribution in [3.8, 4) is 0 Å². The number of non-ortho nitro benzene ring substituents is 1. The Labute approximate surface area is 116 Å². The van der Waals surface area contributed by atoms with Crippen LogP contribution in [0, 0.1) is 10.1 Å². The van der Waals surface area contributed by atoms with E-state index < -0.39 is 4.92 Å². The molecule has 0 atom stereocenters. The molecule has 0 unspecified atom stereocenters. The van der Waals surface area contributed by atoms with E-state index in [1.807, 2.05) is 0 Å². The van der Waals surface area contributed by atoms with Crippen LogP contribution in [0.25, 0.3) is 0 Å². The molecule has 0 radical (unpaired) electrons. The molecule has 0 N–H and O–H groups in total. The second-order valence-corrected chi connectivity index (χ2v) is 5.03. The van der Waals surface area contributed by atoms with E-state index >= 15 is 0 Å². The number of nitro groups is 1. The zero-order valence-corrected chi connectivity index (χ0v) is 11.2. The lowest BCUT2D eigenvalue weighted by Gasteiger charge is -2.20. The second kappa shape index (κ2) is 6.02. The molecule has 1 aliphatic rings. The molecule has 6 heteroatoms. The molecule has 19 heavy (non-hydrogen) atoms. The van der Waals surface area contributed by atoms with Gasteiger partial charge in [-0.1, -0.05) is 24.4 Å². The van der Waals surface area contributed by atoms with Crippen LogP contribution in [0.2, 0.25) is 5.02 Å². The maximum atomic E-state index is 12.4. The zero-order valence-electron chi connectivity index (χ0n) is 10.5. The summed E-state index contributed by atoms with van der Waals surface area (Å²) in [6.45, 7) is 1.38. The van der Waals surface area contributed by atoms with E-state index in [1.165, 1.54) is 18.2 Å². The number of hydrogen-bond donors (Lipinski definition) is 0. The molecule has 1 aromatic carbocycles. The van der Waals surface area contributed by atoms with Crippen LogP contribution in [0.1, 0.15) is 36.0 Å². The molecule has 102 valence electrons. The Morgan fingerprint density at radius 1 is 1.21 bits per heavy atom. The summed E-state index contributed by atoms with van der Waals surface area (Å²) in [4.78, 5) is 24.3. The molecule has 0 bridgehead atoms. The summed E-state index contributed by atoms with van der Waals surface area (Å²) in [5.41, 5.74) is 0.111. The molecule has 0 saturated carbocycles. The normalized spacial score (nSPS) is 15.9. The summed E-state index contributed by atoms with van der Waals surface area (Å²) in [5.74, 6) is -0.212. The van der Waals surface area contributed by atoms with Crippen LogP contribution < -0.4 is 0 Å². The first-order chi connectivity index (χ1) is 9.09. The minimum Gasteiger partial charge on any atom is -0.339 e. The third-order valence-corrected chi connectivity index (χ3v) is 3.61. The van der Waals surface area contributed by atoms with Gasteiger partial charge in [0.25, 0.3) is 11.6 Å². The van der Waals surface area contributed by atoms with E-state index in [4.69, 9.17) is 11.6 Å². The van der Waals surface area contributed by atoms with Gasteiger partial charge in [-0.25, -0.2) is 0 Å². The lowest BCUT2D eigenvalue weighted by molar-refractivity contribution is -0.384. The molecule has 1 fully saturated rings. The van der Waals surface area contributed by atoms with Crippen LogP contribution in [0.4, 0.5) is 5.69 Å². The summed E-state index contributed by atoms with van der Waals surface area (Å²) < 4.78 is 0. The van der Waals surface area contributed by atoms with Gasteiger partial charge in [0, 0.05) is 25.2 Å². The Bertz CT molecular complexity index is 497. The van der Waals surface area contributed by atoms with Gasteiger partial charge in [0.15, 0.2) is 0 Å². The van der Waals surface area contributed by atoms with Crippen LogP contribution in [0.5, 0.6) is 0 Å². The smallest absolute Gasteiger partial charge is 0.270 e. The van der Waals surface area contributed by atoms with Crippen LogP contribution >= 0.6 is 11.6 Å². The van der Waals surface area contributed by atoms with Crippen LogP contribution in [-0.4, -0.2) is 28.8 Å². The van der Waals surface area contributed by atoms with Crippen LogP contribution in [0.15, 0.2) is 18.2 Å². The van der Waals surface area contributed by atoms with E-state index in [0.717, 1.165) is 25.7 Å². The number of halogens is 1. The van der Waals surface area contributed by atoms with E-state index in [1.54, 1.807) is 4.90 Å². The maximum absolute atomic E-state index is 12.4. The number of rotatable bonds is 2. The lowest BCUT2D eigenvalue weighted by Crippen LogP contribution is -2.32. The number of benzene rings is 1. The van der Waals surface area contributed by atoms with Crippen molar-refractivity contribution < 1.29 is 9.72 Å². The fourth-order valence-electron chi connectivity index (χ4n) is 2.23. The molecule has 0 aromatic heterocycles. The van der Waals surface area contributed by atoms with Gasteiger partial charge >= 0.3 is 0 Å². The van der Waals surface area contributed by atoms with Crippen LogP contribution in [0.3, 0.4) is 0 Å². The first kappa shape index (κ1) is 13.8. The van der Waals surface area contributed by atoms with E-state index in [9.17, 15) is 14.9 Å². The summed E-state index contributed by atoms with van der Waals surface area (Å²) in [7, 11) is 0. The first-order valence-corrected chi connectivity index (χ1v) is 6.70. The largest absolute Gasteiger partial charge is 0.339 e. The number of nitrogens with zero attached hydrogens (tertiary/aromatic N) is 2. The van der Waals surface area contributed by atoms with Crippen molar-refractivity contribution in [3.05, 3.63) is 38.9 Å². The van der Waals surface area contributed by atoms with Gasteiger partial charge in [-0.3, -0.25) is 14.9 Å². The summed E-state index contributed by atoms with van der Waals surface area (Å²) in [6, 6.07) is 3.97. The van der Waals surface area contributed by atoms with Gasteiger partial charge in [0.2, 0.25) is 0 Å². The molecular weight excluding hydrogens is 268 g/mol. The Morgan fingerprint density at radius 2 is 1.84 bits per heavy atom. The minimum absolute atomic E-state index is 0.109. The van der Waals surface area contributed by atoms with Gasteiger partial charge in [0.1, 0.15) is 0 Å². The number of carbonyl (C=O) groups is 1. The molecule has 2 rings (SSSR count). The van der Waals surface area contributed by atoms with Gasteiger partial charge < -0.3 is 4.90 Å². The number of amides is 1. The molecule has 1 aliphatic heterocycles. The molecule has 1 heterocycles. The Kier molecular flexibility index (Phi) is 4.37. The highest BCUT2D eigenvalue weighted by atomic mass is 35.5. The summed E-state index contributed by atoms with van der Waals surface area (Å²) in [6.07, 6.45) is 4.18. The number of nitro benzene ring substituents is 1. The van der Waals surface area contributed by atoms with Gasteiger partial charge in [-0.2, -0.15) is 0 Å². The van der Waals surface area contributed by atoms with E-state index in [-0.39, 0.29) is 22.2 Å². The van der Waals surface area contributed by atoms with Crippen molar-refractivity contribution in [1.29, 1.82) is 0 Å². The van der Waals surface area contributed by atoms with Crippen molar-refractivity contribution >= 4 is 23.2 Å². The Hall–Kier alpha value is -1.62. The topological polar surface area (TPSA) is 63.4 Å². The van der Waals surface area contributed by atoms with Crippen molar-refractivity contribution in [1.82, 2.24) is 4.90 Å². The molecule has 1 saturated heterocycles. The maximum Gasteiger partial charge on any atom is 0.270 e. The third-order valence-electron chi connectivity index (χ3n) is 3.28. The third kappa shape index (κ3) is 3.23. The number of likely N-dealkylation sites (tertiary alicyclic amines) is 1. The monoisotopic (exact) mass is 282 g/mol. The SMILES string of the molecule is O=C(c1cc([N+](=O)[O-])ccc1Cl)N1CCCCCC1. The lowest BCUT2D eigenvalue weighted by atomic mass is 10.1. The molecule has 1 aromatic rings. The van der Waals surface area contributed by atoms with E-state index in [2.05, 4.69) is 0 Å². The molecule has 1 amide bonds. The summed E-state index contributed by atoms with van der Waals surface area (Å²) in [5, 5.41) is 11.0. The van der Waals surface area contributed by atoms with Gasteiger partial charge in [0.05, 0.1) is 15.5 Å². The highest BCUT2D eigenvalue weighted by Crippen LogP contribution is 2.24. The number of carbonyl (C=O) groups excluding carboxylic acids is 1. The second-order valence-electron chi connectivity index (χ2n) is 4.63. The molecule has 5 nitrogen and oxygen atoms in total. The average Bonchev–Trinajstić information content (AvgIpc) is 2.67. The van der Waals surface area contributed by atoms with E-state index in [0.29, 0.717) is 13.1 Å². The molecular formula is C13H15ClN2O3. The van der Waals surface area contributed by atoms with Crippen LogP contribution in [-0.2, 0) is 0 Å². The highest BCUT2D eigenvalue weighted by Gasteiger charge is 2.21. The molecule has 0 spiro atoms. The Balaban J connectivity index is 2.26. The predicted molar refractivity (Wildman–Crippen MR) is 72.5 cm³/mol. The van der Waals surface area contributed by atoms with Crippen molar-refractivity contribution in [2.75, 3.05) is 13.1 Å². The minimum atomic E-state index is -0.518.